The quantitative estimate of drug-likeness (QED) is 0.455. The van der Waals surface area contributed by atoms with E-state index in [0.717, 1.165) is 0 Å². The molecule has 1 aliphatic carbocycles. The molecule has 0 bridgehead atoms. The van der Waals surface area contributed by atoms with Crippen LogP contribution in [0.3, 0.4) is 0 Å². The van der Waals surface area contributed by atoms with Crippen LogP contribution in [0.5, 0.6) is 0 Å². The third-order valence-electron chi connectivity index (χ3n) is 3.12. The van der Waals surface area contributed by atoms with E-state index in [1.807, 2.05) is 0 Å². The average molecular weight is 223 g/mol. The maximum atomic E-state index is 10.8. The number of carbonyl (C=O) groups excluding carboxylic acids is 1. The molecule has 1 spiro atoms. The van der Waals surface area contributed by atoms with Crippen LogP contribution in [0, 0.1) is 0 Å². The number of carbonyl (C=O) groups is 1. The fourth-order valence-electron chi connectivity index (χ4n) is 2.07. The number of hydrogen-bond donors (Lipinski definition) is 1. The number of ether oxygens (including phenoxy) is 2. The van der Waals surface area contributed by atoms with Crippen molar-refractivity contribution in [1.29, 1.82) is 0 Å². The zero-order valence-corrected chi connectivity index (χ0v) is 11.0. The third-order valence-corrected chi connectivity index (χ3v) is 3.12. The zero-order chi connectivity index (χ0) is 10.2. The molecule has 0 amide bonds. The molecule has 0 aromatic heterocycles. The van der Waals surface area contributed by atoms with E-state index in [-0.39, 0.29) is 29.6 Å². The SMILES string of the molecule is NC1(C(=O)[O-])CCC2(CC1)OCCO2.[Na+]. The minimum Gasteiger partial charge on any atom is -0.548 e. The standard InChI is InChI=1S/C9H15NO4.Na/c10-8(7(11)12)1-3-9(4-2-8)13-5-6-14-9;/h1-6,10H2,(H,11,12);/q;+1/p-1. The first-order chi connectivity index (χ1) is 6.56. The van der Waals surface area contributed by atoms with Crippen LogP contribution in [-0.4, -0.2) is 30.5 Å². The van der Waals surface area contributed by atoms with Crippen LogP contribution in [0.2, 0.25) is 0 Å². The first kappa shape index (κ1) is 13.4. The van der Waals surface area contributed by atoms with Gasteiger partial charge >= 0.3 is 29.6 Å². The van der Waals surface area contributed by atoms with Crippen molar-refractivity contribution in [3.8, 4) is 0 Å². The fourth-order valence-corrected chi connectivity index (χ4v) is 2.07. The van der Waals surface area contributed by atoms with E-state index >= 15 is 0 Å². The van der Waals surface area contributed by atoms with Crippen LogP contribution in [0.1, 0.15) is 25.7 Å². The number of carboxylic acid groups (broad SMARTS) is 1. The molecule has 0 atom stereocenters. The molecule has 0 aromatic carbocycles. The van der Waals surface area contributed by atoms with E-state index in [4.69, 9.17) is 15.2 Å². The Bertz CT molecular complexity index is 242. The topological polar surface area (TPSA) is 84.6 Å². The molecule has 6 heteroatoms. The molecule has 1 aliphatic heterocycles. The molecule has 1 saturated heterocycles. The Morgan fingerprint density at radius 2 is 1.60 bits per heavy atom. The summed E-state index contributed by atoms with van der Waals surface area (Å²) in [7, 11) is 0. The van der Waals surface area contributed by atoms with Crippen molar-refractivity contribution in [2.75, 3.05) is 13.2 Å². The number of rotatable bonds is 1. The monoisotopic (exact) mass is 223 g/mol. The largest absolute Gasteiger partial charge is 1.00 e. The predicted octanol–water partition coefficient (Wildman–Crippen LogP) is -4.25. The molecule has 1 saturated carbocycles. The van der Waals surface area contributed by atoms with Crippen LogP contribution in [-0.2, 0) is 14.3 Å². The molecular formula is C9H14NNaO4. The van der Waals surface area contributed by atoms with E-state index < -0.39 is 17.3 Å². The van der Waals surface area contributed by atoms with Crippen molar-refractivity contribution in [3.05, 3.63) is 0 Å². The summed E-state index contributed by atoms with van der Waals surface area (Å²) in [5.41, 5.74) is 4.49. The summed E-state index contributed by atoms with van der Waals surface area (Å²) >= 11 is 0. The molecule has 1 heterocycles. The summed E-state index contributed by atoms with van der Waals surface area (Å²) in [5.74, 6) is -1.73. The average Bonchev–Trinajstić information content (AvgIpc) is 2.60. The van der Waals surface area contributed by atoms with Gasteiger partial charge < -0.3 is 25.1 Å². The van der Waals surface area contributed by atoms with Gasteiger partial charge in [-0.1, -0.05) is 0 Å². The second kappa shape index (κ2) is 4.69. The molecule has 0 radical (unpaired) electrons. The molecule has 2 fully saturated rings. The van der Waals surface area contributed by atoms with Gasteiger partial charge in [0.1, 0.15) is 0 Å². The summed E-state index contributed by atoms with van der Waals surface area (Å²) in [4.78, 5) is 10.8. The van der Waals surface area contributed by atoms with Crippen molar-refractivity contribution < 1.29 is 48.9 Å². The molecule has 80 valence electrons. The third kappa shape index (κ3) is 2.54. The fraction of sp³-hybridized carbons (Fsp3) is 0.889. The van der Waals surface area contributed by atoms with Gasteiger partial charge in [-0.15, -0.1) is 0 Å². The second-order valence-corrected chi connectivity index (χ2v) is 4.05. The summed E-state index contributed by atoms with van der Waals surface area (Å²) in [5, 5.41) is 10.8. The van der Waals surface area contributed by atoms with Gasteiger partial charge in [0.05, 0.1) is 24.7 Å². The molecule has 2 aliphatic rings. The number of nitrogens with two attached hydrogens (primary N) is 1. The van der Waals surface area contributed by atoms with Crippen molar-refractivity contribution in [2.24, 2.45) is 5.73 Å². The molecular weight excluding hydrogens is 209 g/mol. The van der Waals surface area contributed by atoms with Crippen molar-refractivity contribution in [2.45, 2.75) is 37.0 Å². The van der Waals surface area contributed by atoms with E-state index in [9.17, 15) is 9.90 Å². The van der Waals surface area contributed by atoms with Crippen molar-refractivity contribution in [1.82, 2.24) is 0 Å². The predicted molar refractivity (Wildman–Crippen MR) is 45.0 cm³/mol. The van der Waals surface area contributed by atoms with Gasteiger partial charge in [0, 0.05) is 12.8 Å². The van der Waals surface area contributed by atoms with Gasteiger partial charge in [0.15, 0.2) is 5.79 Å². The Balaban J connectivity index is 0.00000112. The Morgan fingerprint density at radius 1 is 1.13 bits per heavy atom. The van der Waals surface area contributed by atoms with Crippen molar-refractivity contribution >= 4 is 5.97 Å². The summed E-state index contributed by atoms with van der Waals surface area (Å²) in [6.45, 7) is 1.17. The number of hydrogen-bond acceptors (Lipinski definition) is 5. The summed E-state index contributed by atoms with van der Waals surface area (Å²) in [6.07, 6.45) is 1.79. The van der Waals surface area contributed by atoms with Crippen LogP contribution >= 0.6 is 0 Å². The number of carboxylic acids is 1. The Hall–Kier alpha value is 0.350. The molecule has 0 aromatic rings. The summed E-state index contributed by atoms with van der Waals surface area (Å²) < 4.78 is 10.9. The van der Waals surface area contributed by atoms with Gasteiger partial charge in [-0.25, -0.2) is 0 Å². The van der Waals surface area contributed by atoms with E-state index in [0.29, 0.717) is 38.9 Å². The molecule has 2 N–H and O–H groups in total. The Kier molecular flexibility index (Phi) is 4.20. The van der Waals surface area contributed by atoms with Crippen LogP contribution in [0.15, 0.2) is 0 Å². The zero-order valence-electron chi connectivity index (χ0n) is 8.95. The van der Waals surface area contributed by atoms with Crippen LogP contribution in [0.4, 0.5) is 0 Å². The smallest absolute Gasteiger partial charge is 0.548 e. The number of aliphatic carboxylic acids is 1. The normalized spacial score (nSPS) is 27.3. The first-order valence-electron chi connectivity index (χ1n) is 4.85. The van der Waals surface area contributed by atoms with Crippen LogP contribution in [0.25, 0.3) is 0 Å². The minimum absolute atomic E-state index is 0. The van der Waals surface area contributed by atoms with Gasteiger partial charge in [0.2, 0.25) is 0 Å². The maximum absolute atomic E-state index is 10.8. The van der Waals surface area contributed by atoms with Gasteiger partial charge in [-0.2, -0.15) is 0 Å². The Morgan fingerprint density at radius 3 is 2.00 bits per heavy atom. The van der Waals surface area contributed by atoms with Gasteiger partial charge in [0.25, 0.3) is 0 Å². The van der Waals surface area contributed by atoms with E-state index in [1.54, 1.807) is 0 Å². The Labute approximate surface area is 111 Å². The molecule has 0 unspecified atom stereocenters. The van der Waals surface area contributed by atoms with E-state index in [1.165, 1.54) is 0 Å². The van der Waals surface area contributed by atoms with Crippen LogP contribution < -0.4 is 40.4 Å². The maximum Gasteiger partial charge on any atom is 1.00 e. The summed E-state index contributed by atoms with van der Waals surface area (Å²) in [6, 6.07) is 0. The molecule has 5 nitrogen and oxygen atoms in total. The van der Waals surface area contributed by atoms with E-state index in [2.05, 4.69) is 0 Å². The van der Waals surface area contributed by atoms with Crippen molar-refractivity contribution in [3.63, 3.8) is 0 Å². The first-order valence-corrected chi connectivity index (χ1v) is 4.85. The molecule has 2 rings (SSSR count). The second-order valence-electron chi connectivity index (χ2n) is 4.05. The molecule has 15 heavy (non-hydrogen) atoms. The minimum atomic E-state index is -1.19. The van der Waals surface area contributed by atoms with Gasteiger partial charge in [-0.3, -0.25) is 0 Å². The van der Waals surface area contributed by atoms with Gasteiger partial charge in [-0.05, 0) is 12.8 Å².